The van der Waals surface area contributed by atoms with Crippen LogP contribution in [0.2, 0.25) is 0 Å². The molecule has 20 heavy (non-hydrogen) atoms. The van der Waals surface area contributed by atoms with Gasteiger partial charge in [-0.1, -0.05) is 6.07 Å². The highest BCUT2D eigenvalue weighted by Gasteiger charge is 2.03. The summed E-state index contributed by atoms with van der Waals surface area (Å²) in [5.41, 5.74) is 0.541. The number of rotatable bonds is 8. The lowest BCUT2D eigenvalue weighted by atomic mass is 10.3. The van der Waals surface area contributed by atoms with Crippen molar-refractivity contribution in [2.45, 2.75) is 6.42 Å². The lowest BCUT2D eigenvalue weighted by molar-refractivity contribution is -0.139. The topological polar surface area (TPSA) is 99.7 Å². The van der Waals surface area contributed by atoms with Crippen molar-refractivity contribution in [1.82, 2.24) is 10.6 Å². The minimum Gasteiger partial charge on any atom is -0.482 e. The van der Waals surface area contributed by atoms with Gasteiger partial charge in [-0.25, -0.2) is 9.59 Å². The number of nitrogens with one attached hydrogen (secondary N) is 3. The summed E-state index contributed by atoms with van der Waals surface area (Å²) in [6, 6.07) is 6.25. The zero-order chi connectivity index (χ0) is 14.8. The van der Waals surface area contributed by atoms with Gasteiger partial charge < -0.3 is 25.8 Å². The zero-order valence-corrected chi connectivity index (χ0v) is 11.3. The van der Waals surface area contributed by atoms with E-state index in [-0.39, 0.29) is 6.03 Å². The molecule has 0 atom stereocenters. The molecular weight excluding hydrogens is 262 g/mol. The largest absolute Gasteiger partial charge is 0.482 e. The number of ether oxygens (including phenoxy) is 1. The molecule has 110 valence electrons. The molecule has 7 nitrogen and oxygen atoms in total. The van der Waals surface area contributed by atoms with Gasteiger partial charge in [0, 0.05) is 18.3 Å². The minimum absolute atomic E-state index is 0.309. The van der Waals surface area contributed by atoms with Gasteiger partial charge in [0.25, 0.3) is 0 Å². The van der Waals surface area contributed by atoms with Gasteiger partial charge in [-0.2, -0.15) is 0 Å². The van der Waals surface area contributed by atoms with Crippen LogP contribution in [0.15, 0.2) is 24.3 Å². The Kier molecular flexibility index (Phi) is 6.91. The third kappa shape index (κ3) is 6.60. The fraction of sp³-hybridized carbons (Fsp3) is 0.385. The van der Waals surface area contributed by atoms with E-state index >= 15 is 0 Å². The standard InChI is InChI=1S/C13H19N3O4/c1-14-6-3-7-15-13(19)16-10-4-2-5-11(8-10)20-9-12(17)18/h2,4-5,8,14H,3,6-7,9H2,1H3,(H,17,18)(H2,15,16,19). The van der Waals surface area contributed by atoms with Crippen molar-refractivity contribution < 1.29 is 19.4 Å². The van der Waals surface area contributed by atoms with Gasteiger partial charge in [0.2, 0.25) is 0 Å². The fourth-order valence-corrected chi connectivity index (χ4v) is 1.45. The highest BCUT2D eigenvalue weighted by atomic mass is 16.5. The number of benzene rings is 1. The molecule has 0 aliphatic carbocycles. The second kappa shape index (κ2) is 8.76. The van der Waals surface area contributed by atoms with Gasteiger partial charge >= 0.3 is 12.0 Å². The normalized spacial score (nSPS) is 9.85. The molecule has 4 N–H and O–H groups in total. The maximum Gasteiger partial charge on any atom is 0.341 e. The monoisotopic (exact) mass is 281 g/mol. The van der Waals surface area contributed by atoms with E-state index in [0.717, 1.165) is 13.0 Å². The number of carboxylic acids is 1. The molecule has 0 saturated heterocycles. The first-order valence-electron chi connectivity index (χ1n) is 6.26. The maximum atomic E-state index is 11.6. The van der Waals surface area contributed by atoms with E-state index in [1.165, 1.54) is 0 Å². The third-order valence-corrected chi connectivity index (χ3v) is 2.34. The molecular formula is C13H19N3O4. The Morgan fingerprint density at radius 1 is 1.30 bits per heavy atom. The Bertz CT molecular complexity index is 451. The van der Waals surface area contributed by atoms with E-state index < -0.39 is 12.6 Å². The molecule has 0 bridgehead atoms. The number of carbonyl (C=O) groups is 2. The molecule has 0 heterocycles. The molecule has 0 aromatic heterocycles. The van der Waals surface area contributed by atoms with Gasteiger partial charge in [-0.05, 0) is 32.1 Å². The second-order valence-electron chi connectivity index (χ2n) is 4.05. The summed E-state index contributed by atoms with van der Waals surface area (Å²) in [5, 5.41) is 16.9. The van der Waals surface area contributed by atoms with E-state index in [1.54, 1.807) is 24.3 Å². The highest BCUT2D eigenvalue weighted by molar-refractivity contribution is 5.89. The molecule has 0 aliphatic heterocycles. The van der Waals surface area contributed by atoms with Crippen molar-refractivity contribution in [1.29, 1.82) is 0 Å². The van der Waals surface area contributed by atoms with Crippen LogP contribution in [-0.2, 0) is 4.79 Å². The predicted molar refractivity (Wildman–Crippen MR) is 75.1 cm³/mol. The van der Waals surface area contributed by atoms with Gasteiger partial charge in [0.15, 0.2) is 6.61 Å². The molecule has 0 spiro atoms. The summed E-state index contributed by atoms with van der Waals surface area (Å²) in [7, 11) is 1.85. The summed E-state index contributed by atoms with van der Waals surface area (Å²) < 4.78 is 5.02. The van der Waals surface area contributed by atoms with Crippen LogP contribution in [0.25, 0.3) is 0 Å². The Balaban J connectivity index is 2.40. The maximum absolute atomic E-state index is 11.6. The van der Waals surface area contributed by atoms with E-state index in [2.05, 4.69) is 16.0 Å². The van der Waals surface area contributed by atoms with Crippen LogP contribution < -0.4 is 20.7 Å². The first-order chi connectivity index (χ1) is 9.61. The van der Waals surface area contributed by atoms with Crippen molar-refractivity contribution in [3.63, 3.8) is 0 Å². The lowest BCUT2D eigenvalue weighted by Crippen LogP contribution is -2.30. The number of aliphatic carboxylic acids is 1. The van der Waals surface area contributed by atoms with Gasteiger partial charge in [-0.3, -0.25) is 0 Å². The average molecular weight is 281 g/mol. The smallest absolute Gasteiger partial charge is 0.341 e. The van der Waals surface area contributed by atoms with E-state index in [1.807, 2.05) is 7.05 Å². The summed E-state index contributed by atoms with van der Waals surface area (Å²) in [5.74, 6) is -0.661. The molecule has 1 rings (SSSR count). The molecule has 7 heteroatoms. The van der Waals surface area contributed by atoms with Crippen LogP contribution in [0.5, 0.6) is 5.75 Å². The van der Waals surface area contributed by atoms with Gasteiger partial charge in [0.05, 0.1) is 0 Å². The number of hydrogen-bond donors (Lipinski definition) is 4. The summed E-state index contributed by atoms with van der Waals surface area (Å²) in [6.45, 7) is 0.986. The van der Waals surface area contributed by atoms with E-state index in [0.29, 0.717) is 18.0 Å². The highest BCUT2D eigenvalue weighted by Crippen LogP contribution is 2.17. The molecule has 0 aliphatic rings. The van der Waals surface area contributed by atoms with E-state index in [9.17, 15) is 9.59 Å². The Labute approximate surface area is 117 Å². The molecule has 0 unspecified atom stereocenters. The van der Waals surface area contributed by atoms with Crippen molar-refractivity contribution >= 4 is 17.7 Å². The van der Waals surface area contributed by atoms with Crippen LogP contribution in [0, 0.1) is 0 Å². The number of carboxylic acid groups (broad SMARTS) is 1. The Morgan fingerprint density at radius 3 is 2.80 bits per heavy atom. The third-order valence-electron chi connectivity index (χ3n) is 2.34. The molecule has 1 aromatic carbocycles. The van der Waals surface area contributed by atoms with Crippen molar-refractivity contribution in [2.75, 3.05) is 32.1 Å². The first kappa shape index (κ1) is 15.8. The van der Waals surface area contributed by atoms with Crippen LogP contribution in [0.4, 0.5) is 10.5 Å². The lowest BCUT2D eigenvalue weighted by Gasteiger charge is -2.09. The number of carbonyl (C=O) groups excluding carboxylic acids is 1. The Hall–Kier alpha value is -2.28. The molecule has 0 fully saturated rings. The zero-order valence-electron chi connectivity index (χ0n) is 11.3. The number of hydrogen-bond acceptors (Lipinski definition) is 4. The van der Waals surface area contributed by atoms with Crippen molar-refractivity contribution in [2.24, 2.45) is 0 Å². The van der Waals surface area contributed by atoms with Crippen molar-refractivity contribution in [3.8, 4) is 5.75 Å². The second-order valence-corrected chi connectivity index (χ2v) is 4.05. The molecule has 1 aromatic rings. The SMILES string of the molecule is CNCCCNC(=O)Nc1cccc(OCC(=O)O)c1. The van der Waals surface area contributed by atoms with Crippen LogP contribution >= 0.6 is 0 Å². The average Bonchev–Trinajstić information content (AvgIpc) is 2.42. The number of urea groups is 1. The molecule has 2 amide bonds. The van der Waals surface area contributed by atoms with Gasteiger partial charge in [-0.15, -0.1) is 0 Å². The quantitative estimate of drug-likeness (QED) is 0.530. The van der Waals surface area contributed by atoms with Crippen LogP contribution in [-0.4, -0.2) is 43.9 Å². The predicted octanol–water partition coefficient (Wildman–Crippen LogP) is 0.881. The van der Waals surface area contributed by atoms with Gasteiger partial charge in [0.1, 0.15) is 5.75 Å². The van der Waals surface area contributed by atoms with E-state index in [4.69, 9.17) is 9.84 Å². The van der Waals surface area contributed by atoms with Crippen LogP contribution in [0.3, 0.4) is 0 Å². The molecule has 0 saturated carbocycles. The molecule has 0 radical (unpaired) electrons. The summed E-state index contributed by atoms with van der Waals surface area (Å²) in [6.07, 6.45) is 0.839. The van der Waals surface area contributed by atoms with Crippen LogP contribution in [0.1, 0.15) is 6.42 Å². The van der Waals surface area contributed by atoms with Crippen molar-refractivity contribution in [3.05, 3.63) is 24.3 Å². The summed E-state index contributed by atoms with van der Waals surface area (Å²) in [4.78, 5) is 22.0. The minimum atomic E-state index is -1.05. The number of anilines is 1. The fourth-order valence-electron chi connectivity index (χ4n) is 1.45. The first-order valence-corrected chi connectivity index (χ1v) is 6.26. The number of amides is 2. The summed E-state index contributed by atoms with van der Waals surface area (Å²) >= 11 is 0. The Morgan fingerprint density at radius 2 is 2.10 bits per heavy atom.